The fraction of sp³-hybridized carbons (Fsp3) is 0.457. The van der Waals surface area contributed by atoms with Crippen LogP contribution in [0.4, 0.5) is 5.69 Å². The molecule has 3 aromatic carbocycles. The van der Waals surface area contributed by atoms with E-state index in [9.17, 15) is 4.79 Å². The van der Waals surface area contributed by atoms with Crippen molar-refractivity contribution in [3.63, 3.8) is 0 Å². The minimum absolute atomic E-state index is 0.0102. The van der Waals surface area contributed by atoms with Crippen molar-refractivity contribution in [2.45, 2.75) is 83.4 Å². The summed E-state index contributed by atoms with van der Waals surface area (Å²) in [4.78, 5) is 13.4. The van der Waals surface area contributed by atoms with E-state index in [0.29, 0.717) is 13.2 Å². The van der Waals surface area contributed by atoms with Gasteiger partial charge in [0.1, 0.15) is 18.1 Å². The monoisotopic (exact) mass is 637 g/mol. The fourth-order valence-corrected chi connectivity index (χ4v) is 13.4. The highest BCUT2D eigenvalue weighted by molar-refractivity contribution is 6.84. The van der Waals surface area contributed by atoms with Gasteiger partial charge in [0, 0.05) is 6.42 Å². The van der Waals surface area contributed by atoms with Gasteiger partial charge in [-0.25, -0.2) is 0 Å². The Labute approximate surface area is 266 Å². The van der Waals surface area contributed by atoms with Gasteiger partial charge in [0.25, 0.3) is 0 Å². The summed E-state index contributed by atoms with van der Waals surface area (Å²) in [6, 6.07) is 26.4. The Morgan fingerprint density at radius 2 is 1.45 bits per heavy atom. The lowest BCUT2D eigenvalue weighted by Crippen LogP contribution is -2.42. The molecule has 0 radical (unpaired) electrons. The largest absolute Gasteiger partial charge is 0.497 e. The molecule has 0 bridgehead atoms. The predicted molar refractivity (Wildman–Crippen MR) is 184 cm³/mol. The molecule has 0 saturated heterocycles. The van der Waals surface area contributed by atoms with Crippen LogP contribution in [0.5, 0.6) is 11.5 Å². The first-order valence-corrected chi connectivity index (χ1v) is 22.0. The Morgan fingerprint density at radius 1 is 0.795 bits per heavy atom. The van der Waals surface area contributed by atoms with Crippen molar-refractivity contribution in [1.82, 2.24) is 0 Å². The molecule has 7 nitrogen and oxygen atoms in total. The normalized spacial score (nSPS) is 13.2. The van der Waals surface area contributed by atoms with Crippen LogP contribution in [0.15, 0.2) is 78.9 Å². The molecular formula is C35H51NO6Si2. The van der Waals surface area contributed by atoms with E-state index in [1.807, 2.05) is 66.7 Å². The van der Waals surface area contributed by atoms with E-state index in [1.54, 1.807) is 14.2 Å². The maximum absolute atomic E-state index is 13.4. The van der Waals surface area contributed by atoms with Gasteiger partial charge >= 0.3 is 0 Å². The Morgan fingerprint density at radius 3 is 2.11 bits per heavy atom. The average molecular weight is 638 g/mol. The van der Waals surface area contributed by atoms with Crippen LogP contribution in [-0.4, -0.2) is 55.4 Å². The highest BCUT2D eigenvalue weighted by Gasteiger charge is 2.31. The van der Waals surface area contributed by atoms with Crippen LogP contribution in [0.1, 0.15) is 30.4 Å². The van der Waals surface area contributed by atoms with Gasteiger partial charge in [0.05, 0.1) is 45.3 Å². The van der Waals surface area contributed by atoms with Crippen LogP contribution in [0.25, 0.3) is 0 Å². The Hall–Kier alpha value is -2.96. The summed E-state index contributed by atoms with van der Waals surface area (Å²) in [6.45, 7) is 12.2. The zero-order valence-electron chi connectivity index (χ0n) is 27.6. The van der Waals surface area contributed by atoms with Crippen molar-refractivity contribution in [2.24, 2.45) is 0 Å². The summed E-state index contributed by atoms with van der Waals surface area (Å²) >= 11 is 0. The number of ether oxygens (including phenoxy) is 4. The van der Waals surface area contributed by atoms with E-state index < -0.39 is 16.6 Å². The fourth-order valence-electron chi connectivity index (χ4n) is 5.33. The van der Waals surface area contributed by atoms with Gasteiger partial charge < -0.3 is 28.4 Å². The minimum atomic E-state index is -1.83. The number of methoxy groups -OCH3 is 2. The van der Waals surface area contributed by atoms with Gasteiger partial charge in [-0.1, -0.05) is 61.0 Å². The molecule has 0 aliphatic heterocycles. The molecule has 2 atom stereocenters. The van der Waals surface area contributed by atoms with Crippen LogP contribution in [0, 0.1) is 0 Å². The van der Waals surface area contributed by atoms with Crippen LogP contribution < -0.4 is 14.8 Å². The molecule has 0 aliphatic carbocycles. The lowest BCUT2D eigenvalue weighted by molar-refractivity contribution is -0.125. The SMILES string of the molecule is COc1ccc(COCC(=O)C[C@@H](Nc2ccccc2OC)[C@H](CCC[Si](C)(C)O[Si](C)(C)C)OCc2ccccc2)cc1. The molecule has 0 unspecified atom stereocenters. The van der Waals surface area contributed by atoms with E-state index in [1.165, 1.54) is 0 Å². The molecule has 0 amide bonds. The number of para-hydroxylation sites is 2. The Bertz CT molecular complexity index is 1260. The summed E-state index contributed by atoms with van der Waals surface area (Å²) in [5, 5.41) is 3.62. The smallest absolute Gasteiger partial charge is 0.173 e. The van der Waals surface area contributed by atoms with Gasteiger partial charge in [-0.15, -0.1) is 0 Å². The van der Waals surface area contributed by atoms with Gasteiger partial charge in [0.15, 0.2) is 22.4 Å². The lowest BCUT2D eigenvalue weighted by atomic mass is 9.99. The predicted octanol–water partition coefficient (Wildman–Crippen LogP) is 8.08. The number of anilines is 1. The first-order chi connectivity index (χ1) is 21.0. The molecule has 0 aromatic heterocycles. The molecule has 0 spiro atoms. The van der Waals surface area contributed by atoms with E-state index in [-0.39, 0.29) is 31.0 Å². The molecule has 1 N–H and O–H groups in total. The number of carbonyl (C=O) groups excluding carboxylic acids is 1. The summed E-state index contributed by atoms with van der Waals surface area (Å²) in [6.07, 6.45) is 1.79. The molecule has 3 aromatic rings. The molecule has 9 heteroatoms. The third-order valence-corrected chi connectivity index (χ3v) is 13.4. The van der Waals surface area contributed by atoms with Gasteiger partial charge in [-0.3, -0.25) is 4.79 Å². The van der Waals surface area contributed by atoms with Gasteiger partial charge in [0.2, 0.25) is 0 Å². The average Bonchev–Trinajstić information content (AvgIpc) is 2.98. The van der Waals surface area contributed by atoms with E-state index in [2.05, 4.69) is 50.2 Å². The second-order valence-corrected chi connectivity index (χ2v) is 21.8. The van der Waals surface area contributed by atoms with E-state index in [4.69, 9.17) is 23.1 Å². The molecule has 0 aliphatic rings. The maximum atomic E-state index is 13.4. The highest BCUT2D eigenvalue weighted by Crippen LogP contribution is 2.28. The van der Waals surface area contributed by atoms with Crippen LogP contribution in [0.2, 0.25) is 38.8 Å². The molecule has 0 heterocycles. The van der Waals surface area contributed by atoms with E-state index in [0.717, 1.165) is 47.2 Å². The molecule has 0 fully saturated rings. The number of Topliss-reactive ketones (excluding diaryl/α,β-unsaturated/α-hetero) is 1. The maximum Gasteiger partial charge on any atom is 0.173 e. The van der Waals surface area contributed by atoms with Crippen LogP contribution >= 0.6 is 0 Å². The zero-order chi connectivity index (χ0) is 32.0. The number of hydrogen-bond acceptors (Lipinski definition) is 7. The third-order valence-electron chi connectivity index (χ3n) is 7.19. The van der Waals surface area contributed by atoms with Crippen molar-refractivity contribution >= 4 is 28.1 Å². The first kappa shape index (κ1) is 35.5. The summed E-state index contributed by atoms with van der Waals surface area (Å²) in [5.41, 5.74) is 2.91. The van der Waals surface area contributed by atoms with Crippen LogP contribution in [0.3, 0.4) is 0 Å². The van der Waals surface area contributed by atoms with Crippen molar-refractivity contribution in [1.29, 1.82) is 0 Å². The van der Waals surface area contributed by atoms with Crippen molar-refractivity contribution < 1.29 is 27.9 Å². The van der Waals surface area contributed by atoms with Crippen molar-refractivity contribution in [3.8, 4) is 11.5 Å². The summed E-state index contributed by atoms with van der Waals surface area (Å²) in [5.74, 6) is 1.52. The highest BCUT2D eigenvalue weighted by atomic mass is 28.4. The molecule has 44 heavy (non-hydrogen) atoms. The lowest BCUT2D eigenvalue weighted by Gasteiger charge is -2.33. The summed E-state index contributed by atoms with van der Waals surface area (Å²) < 4.78 is 29.9. The number of hydrogen-bond donors (Lipinski definition) is 1. The number of nitrogens with one attached hydrogen (secondary N) is 1. The van der Waals surface area contributed by atoms with Gasteiger partial charge in [-0.05, 0) is 80.6 Å². The number of ketones is 1. The molecular weight excluding hydrogens is 587 g/mol. The molecule has 240 valence electrons. The van der Waals surface area contributed by atoms with Crippen molar-refractivity contribution in [2.75, 3.05) is 26.1 Å². The second kappa shape index (κ2) is 17.5. The Kier molecular flexibility index (Phi) is 14.1. The standard InChI is InChI=1S/C35H51NO6Si2/c1-38-31-21-19-29(20-22-31)25-40-27-30(37)24-33(36-32-16-11-12-17-34(32)39-2)35(41-26-28-14-9-8-10-15-28)18-13-23-44(6,7)42-43(3,4)5/h8-12,14-17,19-22,33,35-36H,13,18,23-27H2,1-7H3/t33-,35+/m1/s1. The molecule has 0 saturated carbocycles. The minimum Gasteiger partial charge on any atom is -0.497 e. The third kappa shape index (κ3) is 13.0. The topological polar surface area (TPSA) is 75.3 Å². The van der Waals surface area contributed by atoms with Gasteiger partial charge in [-0.2, -0.15) is 0 Å². The number of benzene rings is 3. The van der Waals surface area contributed by atoms with Crippen LogP contribution in [-0.2, 0) is 31.6 Å². The summed E-state index contributed by atoms with van der Waals surface area (Å²) in [7, 11) is -0.176. The van der Waals surface area contributed by atoms with E-state index >= 15 is 0 Å². The quantitative estimate of drug-likeness (QED) is 0.126. The molecule has 3 rings (SSSR count). The number of rotatable bonds is 20. The second-order valence-electron chi connectivity index (χ2n) is 12.7. The zero-order valence-corrected chi connectivity index (χ0v) is 29.6. The van der Waals surface area contributed by atoms with Crippen molar-refractivity contribution in [3.05, 3.63) is 90.0 Å². The first-order valence-electron chi connectivity index (χ1n) is 15.5. The number of carbonyl (C=O) groups is 1. The Balaban J connectivity index is 1.76.